The number of nitrogens with zero attached hydrogens (tertiary/aromatic N) is 3. The number of aromatic nitrogens is 3. The summed E-state index contributed by atoms with van der Waals surface area (Å²) in [5, 5.41) is 14.0. The van der Waals surface area contributed by atoms with E-state index in [-0.39, 0.29) is 17.5 Å². The van der Waals surface area contributed by atoms with Crippen LogP contribution in [0, 0.1) is 10.1 Å². The number of para-hydroxylation sites is 2. The molecule has 0 saturated carbocycles. The molecule has 0 aliphatic rings. The first-order chi connectivity index (χ1) is 10.1. The second kappa shape index (κ2) is 5.20. The van der Waals surface area contributed by atoms with Crippen molar-refractivity contribution in [3.05, 3.63) is 58.5 Å². The number of rotatable bonds is 4. The molecular formula is C14H13N5O2. The Morgan fingerprint density at radius 2 is 2.10 bits per heavy atom. The van der Waals surface area contributed by atoms with Crippen molar-refractivity contribution in [2.45, 2.75) is 13.0 Å². The van der Waals surface area contributed by atoms with Gasteiger partial charge in [0.2, 0.25) is 5.82 Å². The molecule has 2 heterocycles. The number of anilines is 1. The van der Waals surface area contributed by atoms with Crippen LogP contribution in [0.1, 0.15) is 18.8 Å². The van der Waals surface area contributed by atoms with E-state index >= 15 is 0 Å². The van der Waals surface area contributed by atoms with Crippen molar-refractivity contribution in [2.75, 3.05) is 5.32 Å². The van der Waals surface area contributed by atoms with Gasteiger partial charge in [-0.1, -0.05) is 12.1 Å². The lowest BCUT2D eigenvalue weighted by Gasteiger charge is -2.11. The lowest BCUT2D eigenvalue weighted by molar-refractivity contribution is -0.384. The van der Waals surface area contributed by atoms with Gasteiger partial charge in [0.15, 0.2) is 0 Å². The fourth-order valence-electron chi connectivity index (χ4n) is 2.11. The highest BCUT2D eigenvalue weighted by Crippen LogP contribution is 2.25. The van der Waals surface area contributed by atoms with Crippen LogP contribution in [0.2, 0.25) is 0 Å². The van der Waals surface area contributed by atoms with Crippen LogP contribution in [0.15, 0.2) is 42.6 Å². The summed E-state index contributed by atoms with van der Waals surface area (Å²) >= 11 is 0. The number of benzene rings is 1. The Labute approximate surface area is 120 Å². The molecule has 0 radical (unpaired) electrons. The highest BCUT2D eigenvalue weighted by atomic mass is 16.6. The van der Waals surface area contributed by atoms with E-state index in [4.69, 9.17) is 0 Å². The first-order valence-corrected chi connectivity index (χ1v) is 6.46. The Morgan fingerprint density at radius 1 is 1.29 bits per heavy atom. The Bertz CT molecular complexity index is 766. The predicted octanol–water partition coefficient (Wildman–Crippen LogP) is 3.04. The van der Waals surface area contributed by atoms with E-state index in [1.165, 1.54) is 18.3 Å². The summed E-state index contributed by atoms with van der Waals surface area (Å²) in [5.41, 5.74) is 1.73. The van der Waals surface area contributed by atoms with Crippen LogP contribution in [0.5, 0.6) is 0 Å². The molecule has 0 spiro atoms. The number of H-pyrrole nitrogens is 1. The standard InChI is InChI=1S/C14H13N5O2/c1-9(13-17-10-5-2-3-6-11(10)18-13)16-14-12(19(20)21)7-4-8-15-14/h2-9H,1H3,(H,15,16)(H,17,18). The smallest absolute Gasteiger partial charge is 0.311 e. The van der Waals surface area contributed by atoms with Gasteiger partial charge in [0.1, 0.15) is 5.82 Å². The van der Waals surface area contributed by atoms with E-state index in [1.807, 2.05) is 31.2 Å². The normalized spacial score (nSPS) is 12.2. The van der Waals surface area contributed by atoms with Gasteiger partial charge in [-0.15, -0.1) is 0 Å². The van der Waals surface area contributed by atoms with E-state index in [0.717, 1.165) is 11.0 Å². The number of nitrogens with one attached hydrogen (secondary N) is 2. The monoisotopic (exact) mass is 283 g/mol. The summed E-state index contributed by atoms with van der Waals surface area (Å²) in [6.45, 7) is 1.87. The molecule has 1 aromatic carbocycles. The summed E-state index contributed by atoms with van der Waals surface area (Å²) < 4.78 is 0. The number of nitro groups is 1. The largest absolute Gasteiger partial charge is 0.355 e. The Kier molecular flexibility index (Phi) is 3.23. The number of pyridine rings is 1. The first kappa shape index (κ1) is 13.0. The number of imidazole rings is 1. The van der Waals surface area contributed by atoms with Gasteiger partial charge in [-0.25, -0.2) is 9.97 Å². The molecule has 2 aromatic heterocycles. The maximum absolute atomic E-state index is 11.0. The molecule has 1 unspecified atom stereocenters. The van der Waals surface area contributed by atoms with Crippen molar-refractivity contribution in [1.29, 1.82) is 0 Å². The predicted molar refractivity (Wildman–Crippen MR) is 79.0 cm³/mol. The molecule has 21 heavy (non-hydrogen) atoms. The van der Waals surface area contributed by atoms with Crippen molar-refractivity contribution < 1.29 is 4.92 Å². The van der Waals surface area contributed by atoms with E-state index in [1.54, 1.807) is 0 Å². The highest BCUT2D eigenvalue weighted by Gasteiger charge is 2.18. The third-order valence-electron chi connectivity index (χ3n) is 3.15. The molecule has 0 fully saturated rings. The minimum Gasteiger partial charge on any atom is -0.355 e. The van der Waals surface area contributed by atoms with Crippen LogP contribution >= 0.6 is 0 Å². The van der Waals surface area contributed by atoms with E-state index < -0.39 is 4.92 Å². The summed E-state index contributed by atoms with van der Waals surface area (Å²) in [6.07, 6.45) is 1.51. The molecule has 0 aliphatic carbocycles. The summed E-state index contributed by atoms with van der Waals surface area (Å²) in [7, 11) is 0. The van der Waals surface area contributed by atoms with Gasteiger partial charge in [0.05, 0.1) is 22.0 Å². The molecule has 0 amide bonds. The zero-order chi connectivity index (χ0) is 14.8. The molecule has 106 valence electrons. The topological polar surface area (TPSA) is 96.7 Å². The van der Waals surface area contributed by atoms with Crippen LogP contribution in [-0.4, -0.2) is 19.9 Å². The first-order valence-electron chi connectivity index (χ1n) is 6.46. The van der Waals surface area contributed by atoms with Crippen molar-refractivity contribution in [3.8, 4) is 0 Å². The summed E-state index contributed by atoms with van der Waals surface area (Å²) in [5.74, 6) is 0.937. The molecule has 7 heteroatoms. The zero-order valence-corrected chi connectivity index (χ0v) is 11.3. The molecule has 0 saturated heterocycles. The summed E-state index contributed by atoms with van der Waals surface area (Å²) in [4.78, 5) is 22.2. The minimum atomic E-state index is -0.458. The second-order valence-electron chi connectivity index (χ2n) is 4.63. The Hall–Kier alpha value is -2.96. The number of hydrogen-bond donors (Lipinski definition) is 2. The second-order valence-corrected chi connectivity index (χ2v) is 4.63. The molecule has 0 aliphatic heterocycles. The van der Waals surface area contributed by atoms with Gasteiger partial charge in [-0.3, -0.25) is 10.1 Å². The van der Waals surface area contributed by atoms with Gasteiger partial charge in [0, 0.05) is 12.3 Å². The van der Waals surface area contributed by atoms with Crippen molar-refractivity contribution in [1.82, 2.24) is 15.0 Å². The summed E-state index contributed by atoms with van der Waals surface area (Å²) in [6, 6.07) is 10.4. The fourth-order valence-corrected chi connectivity index (χ4v) is 2.11. The van der Waals surface area contributed by atoms with E-state index in [2.05, 4.69) is 20.3 Å². The van der Waals surface area contributed by atoms with Crippen molar-refractivity contribution in [2.24, 2.45) is 0 Å². The van der Waals surface area contributed by atoms with Crippen LogP contribution in [0.25, 0.3) is 11.0 Å². The van der Waals surface area contributed by atoms with Crippen LogP contribution in [0.4, 0.5) is 11.5 Å². The third-order valence-corrected chi connectivity index (χ3v) is 3.15. The van der Waals surface area contributed by atoms with Gasteiger partial charge in [0.25, 0.3) is 0 Å². The number of fused-ring (bicyclic) bond motifs is 1. The quantitative estimate of drug-likeness (QED) is 0.566. The lowest BCUT2D eigenvalue weighted by Crippen LogP contribution is -2.11. The molecule has 7 nitrogen and oxygen atoms in total. The fraction of sp³-hybridized carbons (Fsp3) is 0.143. The highest BCUT2D eigenvalue weighted by molar-refractivity contribution is 5.75. The third kappa shape index (κ3) is 2.53. The lowest BCUT2D eigenvalue weighted by atomic mass is 10.3. The Morgan fingerprint density at radius 3 is 2.86 bits per heavy atom. The molecule has 1 atom stereocenters. The van der Waals surface area contributed by atoms with E-state index in [9.17, 15) is 10.1 Å². The van der Waals surface area contributed by atoms with E-state index in [0.29, 0.717) is 5.82 Å². The molecule has 3 aromatic rings. The molecule has 2 N–H and O–H groups in total. The van der Waals surface area contributed by atoms with Gasteiger partial charge in [-0.2, -0.15) is 0 Å². The minimum absolute atomic E-state index is 0.0551. The van der Waals surface area contributed by atoms with Crippen molar-refractivity contribution in [3.63, 3.8) is 0 Å². The van der Waals surface area contributed by atoms with Crippen LogP contribution in [0.3, 0.4) is 0 Å². The van der Waals surface area contributed by atoms with Gasteiger partial charge < -0.3 is 10.3 Å². The maximum Gasteiger partial charge on any atom is 0.311 e. The average molecular weight is 283 g/mol. The Balaban J connectivity index is 1.89. The van der Waals surface area contributed by atoms with Crippen LogP contribution < -0.4 is 5.32 Å². The molecule has 0 bridgehead atoms. The van der Waals surface area contributed by atoms with Gasteiger partial charge >= 0.3 is 5.69 Å². The van der Waals surface area contributed by atoms with Crippen LogP contribution in [-0.2, 0) is 0 Å². The van der Waals surface area contributed by atoms with Crippen molar-refractivity contribution >= 4 is 22.5 Å². The maximum atomic E-state index is 11.0. The number of hydrogen-bond acceptors (Lipinski definition) is 5. The van der Waals surface area contributed by atoms with Gasteiger partial charge in [-0.05, 0) is 25.1 Å². The SMILES string of the molecule is CC(Nc1ncccc1[N+](=O)[O-])c1nc2ccccc2[nH]1. The number of aromatic amines is 1. The molecular weight excluding hydrogens is 270 g/mol. The molecule has 3 rings (SSSR count). The zero-order valence-electron chi connectivity index (χ0n) is 11.3. The average Bonchev–Trinajstić information content (AvgIpc) is 2.91.